The molecule has 1 saturated heterocycles. The Morgan fingerprint density at radius 2 is 1.55 bits per heavy atom. The third-order valence-corrected chi connectivity index (χ3v) is 4.52. The number of aryl methyl sites for hydroxylation is 1. The van der Waals surface area contributed by atoms with Gasteiger partial charge in [-0.2, -0.15) is 0 Å². The molecule has 1 fully saturated rings. The van der Waals surface area contributed by atoms with Crippen molar-refractivity contribution in [2.24, 2.45) is 0 Å². The Morgan fingerprint density at radius 3 is 2.05 bits per heavy atom. The molecule has 0 amide bonds. The zero-order chi connectivity index (χ0) is 15.0. The van der Waals surface area contributed by atoms with Gasteiger partial charge in [0.05, 0.1) is 16.7 Å². The highest BCUT2D eigenvalue weighted by molar-refractivity contribution is 6.49. The summed E-state index contributed by atoms with van der Waals surface area (Å²) >= 11 is 0. The molecule has 0 aliphatic carbocycles. The van der Waals surface area contributed by atoms with Crippen LogP contribution in [0, 0.1) is 0 Å². The Morgan fingerprint density at radius 1 is 1.05 bits per heavy atom. The molecule has 20 heavy (non-hydrogen) atoms. The van der Waals surface area contributed by atoms with E-state index in [9.17, 15) is 5.11 Å². The lowest BCUT2D eigenvalue weighted by molar-refractivity contribution is 0.00578. The lowest BCUT2D eigenvalue weighted by Crippen LogP contribution is -2.46. The van der Waals surface area contributed by atoms with Gasteiger partial charge < -0.3 is 14.4 Å². The van der Waals surface area contributed by atoms with E-state index in [-0.39, 0.29) is 0 Å². The lowest BCUT2D eigenvalue weighted by atomic mass is 9.65. The minimum absolute atomic E-state index is 0.408. The van der Waals surface area contributed by atoms with Gasteiger partial charge in [-0.05, 0) is 53.0 Å². The molecule has 0 bridgehead atoms. The van der Waals surface area contributed by atoms with Crippen molar-refractivity contribution >= 4 is 7.12 Å². The Hall–Kier alpha value is -0.835. The summed E-state index contributed by atoms with van der Waals surface area (Å²) in [6.07, 6.45) is 1.41. The lowest BCUT2D eigenvalue weighted by Gasteiger charge is -2.32. The molecule has 1 aliphatic rings. The van der Waals surface area contributed by atoms with Gasteiger partial charge in [0.2, 0.25) is 0 Å². The average Bonchev–Trinajstić information content (AvgIpc) is 2.58. The molecule has 1 aromatic carbocycles. The van der Waals surface area contributed by atoms with Crippen LogP contribution in [0.1, 0.15) is 46.6 Å². The molecule has 0 spiro atoms. The second-order valence-electron chi connectivity index (χ2n) is 6.93. The minimum atomic E-state index is -0.999. The summed E-state index contributed by atoms with van der Waals surface area (Å²) in [5.41, 5.74) is -0.603. The minimum Gasteiger partial charge on any atom is -0.401 e. The second kappa shape index (κ2) is 5.17. The molecule has 2 rings (SSSR count). The van der Waals surface area contributed by atoms with Crippen molar-refractivity contribution in [3.8, 4) is 0 Å². The zero-order valence-electron chi connectivity index (χ0n) is 13.1. The molecule has 1 N–H and O–H groups in total. The number of benzene rings is 1. The van der Waals surface area contributed by atoms with E-state index in [1.165, 1.54) is 5.56 Å². The molecular formula is C16H25BO3. The molecule has 1 aliphatic heterocycles. The van der Waals surface area contributed by atoms with Crippen LogP contribution in [0.3, 0.4) is 0 Å². The maximum atomic E-state index is 10.7. The van der Waals surface area contributed by atoms with E-state index in [2.05, 4.69) is 12.1 Å². The van der Waals surface area contributed by atoms with E-state index in [0.717, 1.165) is 6.42 Å². The summed E-state index contributed by atoms with van der Waals surface area (Å²) in [6, 6.07) is 10.2. The van der Waals surface area contributed by atoms with Gasteiger partial charge in [-0.3, -0.25) is 0 Å². The molecule has 4 heteroatoms. The van der Waals surface area contributed by atoms with E-state index >= 15 is 0 Å². The summed E-state index contributed by atoms with van der Waals surface area (Å²) < 4.78 is 11.9. The second-order valence-corrected chi connectivity index (χ2v) is 6.93. The molecule has 1 heterocycles. The van der Waals surface area contributed by atoms with Gasteiger partial charge in [-0.25, -0.2) is 0 Å². The van der Waals surface area contributed by atoms with Crippen molar-refractivity contribution in [3.05, 3.63) is 35.9 Å². The van der Waals surface area contributed by atoms with Crippen LogP contribution in [0.15, 0.2) is 30.3 Å². The zero-order valence-corrected chi connectivity index (χ0v) is 13.1. The normalized spacial score (nSPS) is 23.6. The van der Waals surface area contributed by atoms with E-state index in [0.29, 0.717) is 6.42 Å². The topological polar surface area (TPSA) is 38.7 Å². The average molecular weight is 276 g/mol. The molecule has 0 saturated carbocycles. The van der Waals surface area contributed by atoms with Crippen LogP contribution in [0.2, 0.25) is 0 Å². The largest absolute Gasteiger partial charge is 0.491 e. The van der Waals surface area contributed by atoms with Gasteiger partial charge in [0, 0.05) is 0 Å². The first-order chi connectivity index (χ1) is 9.14. The van der Waals surface area contributed by atoms with E-state index in [1.807, 2.05) is 45.9 Å². The smallest absolute Gasteiger partial charge is 0.401 e. The number of rotatable bonds is 4. The van der Waals surface area contributed by atoms with Crippen molar-refractivity contribution in [2.45, 2.75) is 64.2 Å². The molecule has 1 aromatic rings. The quantitative estimate of drug-likeness (QED) is 0.859. The molecule has 0 radical (unpaired) electrons. The highest BCUT2D eigenvalue weighted by Crippen LogP contribution is 2.40. The number of hydrogen-bond donors (Lipinski definition) is 1. The van der Waals surface area contributed by atoms with E-state index in [1.54, 1.807) is 6.92 Å². The SMILES string of the molecule is CC1(C)OB([C@@](C)(O)CCc2ccccc2)OC1(C)C. The molecule has 0 unspecified atom stereocenters. The molecule has 110 valence electrons. The van der Waals surface area contributed by atoms with Crippen LogP contribution < -0.4 is 0 Å². The van der Waals surface area contributed by atoms with E-state index < -0.39 is 23.8 Å². The highest BCUT2D eigenvalue weighted by Gasteiger charge is 2.57. The third kappa shape index (κ3) is 3.08. The van der Waals surface area contributed by atoms with Crippen LogP contribution in [-0.2, 0) is 15.7 Å². The third-order valence-electron chi connectivity index (χ3n) is 4.52. The van der Waals surface area contributed by atoms with Crippen molar-refractivity contribution in [2.75, 3.05) is 0 Å². The monoisotopic (exact) mass is 276 g/mol. The van der Waals surface area contributed by atoms with Crippen molar-refractivity contribution in [1.29, 1.82) is 0 Å². The summed E-state index contributed by atoms with van der Waals surface area (Å²) in [7, 11) is -0.587. The number of hydrogen-bond acceptors (Lipinski definition) is 3. The first kappa shape index (κ1) is 15.6. The van der Waals surface area contributed by atoms with Crippen molar-refractivity contribution in [3.63, 3.8) is 0 Å². The van der Waals surface area contributed by atoms with Crippen LogP contribution in [-0.4, -0.2) is 28.9 Å². The number of aliphatic hydroxyl groups is 1. The Bertz CT molecular complexity index is 438. The Balaban J connectivity index is 2.01. The summed E-state index contributed by atoms with van der Waals surface area (Å²) in [6.45, 7) is 9.79. The Labute approximate surface area is 122 Å². The van der Waals surface area contributed by atoms with E-state index in [4.69, 9.17) is 9.31 Å². The van der Waals surface area contributed by atoms with Gasteiger partial charge in [-0.1, -0.05) is 30.3 Å². The van der Waals surface area contributed by atoms with Crippen LogP contribution >= 0.6 is 0 Å². The summed E-state index contributed by atoms with van der Waals surface area (Å²) in [5.74, 6) is 0. The standard InChI is InChI=1S/C16H25BO3/c1-14(2)15(3,4)20-17(19-14)16(5,18)12-11-13-9-7-6-8-10-13/h6-10,18H,11-12H2,1-5H3/t16-/m0/s1. The van der Waals surface area contributed by atoms with Crippen LogP contribution in [0.5, 0.6) is 0 Å². The maximum Gasteiger partial charge on any atom is 0.491 e. The van der Waals surface area contributed by atoms with Gasteiger partial charge in [-0.15, -0.1) is 0 Å². The fourth-order valence-corrected chi connectivity index (χ4v) is 2.26. The maximum absolute atomic E-state index is 10.7. The fourth-order valence-electron chi connectivity index (χ4n) is 2.26. The summed E-state index contributed by atoms with van der Waals surface area (Å²) in [4.78, 5) is 0. The fraction of sp³-hybridized carbons (Fsp3) is 0.625. The molecule has 0 aromatic heterocycles. The molecule has 3 nitrogen and oxygen atoms in total. The van der Waals surface area contributed by atoms with Crippen molar-refractivity contribution in [1.82, 2.24) is 0 Å². The first-order valence-corrected chi connectivity index (χ1v) is 7.26. The molecule has 1 atom stereocenters. The Kier molecular flexibility index (Phi) is 4.02. The van der Waals surface area contributed by atoms with Gasteiger partial charge in [0.1, 0.15) is 0 Å². The summed E-state index contributed by atoms with van der Waals surface area (Å²) in [5, 5.41) is 10.7. The molecular weight excluding hydrogens is 251 g/mol. The van der Waals surface area contributed by atoms with Gasteiger partial charge in [0.15, 0.2) is 0 Å². The predicted molar refractivity (Wildman–Crippen MR) is 81.5 cm³/mol. The van der Waals surface area contributed by atoms with Gasteiger partial charge >= 0.3 is 7.12 Å². The van der Waals surface area contributed by atoms with Crippen molar-refractivity contribution < 1.29 is 14.4 Å². The highest BCUT2D eigenvalue weighted by atomic mass is 16.7. The van der Waals surface area contributed by atoms with Gasteiger partial charge in [0.25, 0.3) is 0 Å². The first-order valence-electron chi connectivity index (χ1n) is 7.26. The van der Waals surface area contributed by atoms with Crippen LogP contribution in [0.25, 0.3) is 0 Å². The van der Waals surface area contributed by atoms with Crippen LogP contribution in [0.4, 0.5) is 0 Å². The predicted octanol–water partition coefficient (Wildman–Crippen LogP) is 3.00.